The summed E-state index contributed by atoms with van der Waals surface area (Å²) in [7, 11) is 0. The lowest BCUT2D eigenvalue weighted by molar-refractivity contribution is -0.121. The number of hydrogen-bond acceptors (Lipinski definition) is 4. The van der Waals surface area contributed by atoms with Crippen molar-refractivity contribution in [3.63, 3.8) is 0 Å². The Morgan fingerprint density at radius 1 is 1.19 bits per heavy atom. The zero-order valence-electron chi connectivity index (χ0n) is 14.7. The summed E-state index contributed by atoms with van der Waals surface area (Å²) in [5.41, 5.74) is 0.758. The van der Waals surface area contributed by atoms with E-state index in [0.29, 0.717) is 10.8 Å². The lowest BCUT2D eigenvalue weighted by atomic mass is 9.95. The third-order valence-electron chi connectivity index (χ3n) is 4.42. The second-order valence-electron chi connectivity index (χ2n) is 6.46. The van der Waals surface area contributed by atoms with E-state index in [2.05, 4.69) is 20.7 Å². The van der Waals surface area contributed by atoms with Gasteiger partial charge in [0.2, 0.25) is 11.7 Å². The van der Waals surface area contributed by atoms with Crippen LogP contribution in [0, 0.1) is 6.92 Å². The minimum absolute atomic E-state index is 0.0305. The molecule has 3 rings (SSSR count). The molecule has 0 atom stereocenters. The van der Waals surface area contributed by atoms with Crippen molar-refractivity contribution in [2.24, 2.45) is 0 Å². The fourth-order valence-corrected chi connectivity index (χ4v) is 3.20. The summed E-state index contributed by atoms with van der Waals surface area (Å²) >= 11 is 5.89. The predicted octanol–water partition coefficient (Wildman–Crippen LogP) is 2.41. The van der Waals surface area contributed by atoms with E-state index >= 15 is 0 Å². The lowest BCUT2D eigenvalue weighted by Crippen LogP contribution is -2.42. The van der Waals surface area contributed by atoms with Gasteiger partial charge in [-0.05, 0) is 44.0 Å². The average molecular weight is 376 g/mol. The van der Waals surface area contributed by atoms with E-state index in [1.54, 1.807) is 35.9 Å². The summed E-state index contributed by atoms with van der Waals surface area (Å²) in [6.45, 7) is 1.68. The fraction of sp³-hybridized carbons (Fsp3) is 0.444. The number of hydrogen-bond donors (Lipinski definition) is 2. The van der Waals surface area contributed by atoms with Crippen LogP contribution in [0.3, 0.4) is 0 Å². The maximum atomic E-state index is 12.2. The van der Waals surface area contributed by atoms with E-state index in [1.807, 2.05) is 0 Å². The molecule has 0 bridgehead atoms. The molecule has 1 aromatic heterocycles. The number of carbonyl (C=O) groups is 2. The van der Waals surface area contributed by atoms with Crippen molar-refractivity contribution in [1.29, 1.82) is 0 Å². The van der Waals surface area contributed by atoms with Crippen LogP contribution in [0.25, 0.3) is 5.69 Å². The standard InChI is InChI=1S/C18H22ClN5O2/c1-12-21-17(23-24(12)15-9-7-13(19)8-10-15)18(26)20-11-16(25)22-14-5-3-2-4-6-14/h7-10,14H,2-6,11H2,1H3,(H,20,26)(H,22,25). The molecule has 2 aromatic rings. The largest absolute Gasteiger partial charge is 0.352 e. The zero-order chi connectivity index (χ0) is 18.5. The Morgan fingerprint density at radius 2 is 1.88 bits per heavy atom. The van der Waals surface area contributed by atoms with Gasteiger partial charge in [-0.25, -0.2) is 9.67 Å². The van der Waals surface area contributed by atoms with Gasteiger partial charge in [0.25, 0.3) is 5.91 Å². The van der Waals surface area contributed by atoms with Crippen molar-refractivity contribution in [2.75, 3.05) is 6.54 Å². The van der Waals surface area contributed by atoms with Crippen LogP contribution in [-0.4, -0.2) is 39.2 Å². The van der Waals surface area contributed by atoms with Gasteiger partial charge in [0.05, 0.1) is 12.2 Å². The van der Waals surface area contributed by atoms with Gasteiger partial charge in [-0.3, -0.25) is 9.59 Å². The molecule has 26 heavy (non-hydrogen) atoms. The summed E-state index contributed by atoms with van der Waals surface area (Å²) in [4.78, 5) is 28.4. The Bertz CT molecular complexity index is 781. The number of rotatable bonds is 5. The molecular formula is C18H22ClN5O2. The Kier molecular flexibility index (Phi) is 5.88. The van der Waals surface area contributed by atoms with Crippen LogP contribution in [0.4, 0.5) is 0 Å². The van der Waals surface area contributed by atoms with Gasteiger partial charge >= 0.3 is 0 Å². The van der Waals surface area contributed by atoms with Gasteiger partial charge in [0, 0.05) is 11.1 Å². The van der Waals surface area contributed by atoms with Crippen LogP contribution in [0.15, 0.2) is 24.3 Å². The van der Waals surface area contributed by atoms with E-state index in [1.165, 1.54) is 6.42 Å². The molecule has 1 fully saturated rings. The smallest absolute Gasteiger partial charge is 0.291 e. The number of aryl methyl sites for hydroxylation is 1. The van der Waals surface area contributed by atoms with Gasteiger partial charge in [-0.2, -0.15) is 0 Å². The average Bonchev–Trinajstić information content (AvgIpc) is 3.03. The molecule has 138 valence electrons. The van der Waals surface area contributed by atoms with Gasteiger partial charge < -0.3 is 10.6 Å². The number of carbonyl (C=O) groups excluding carboxylic acids is 2. The van der Waals surface area contributed by atoms with Crippen LogP contribution >= 0.6 is 11.6 Å². The Labute approximate surface area is 157 Å². The Morgan fingerprint density at radius 3 is 2.58 bits per heavy atom. The van der Waals surface area contributed by atoms with Crippen molar-refractivity contribution in [1.82, 2.24) is 25.4 Å². The first-order chi connectivity index (χ1) is 12.5. The topological polar surface area (TPSA) is 88.9 Å². The van der Waals surface area contributed by atoms with E-state index < -0.39 is 5.91 Å². The van der Waals surface area contributed by atoms with E-state index in [4.69, 9.17) is 11.6 Å². The molecule has 1 aliphatic carbocycles. The Balaban J connectivity index is 1.57. The number of amides is 2. The number of nitrogens with one attached hydrogen (secondary N) is 2. The predicted molar refractivity (Wildman–Crippen MR) is 98.5 cm³/mol. The first kappa shape index (κ1) is 18.4. The maximum Gasteiger partial charge on any atom is 0.291 e. The molecule has 2 amide bonds. The molecule has 1 heterocycles. The van der Waals surface area contributed by atoms with E-state index in [0.717, 1.165) is 31.4 Å². The molecule has 0 spiro atoms. The quantitative estimate of drug-likeness (QED) is 0.839. The molecule has 8 heteroatoms. The minimum Gasteiger partial charge on any atom is -0.352 e. The highest BCUT2D eigenvalue weighted by Crippen LogP contribution is 2.17. The summed E-state index contributed by atoms with van der Waals surface area (Å²) in [6.07, 6.45) is 5.52. The zero-order valence-corrected chi connectivity index (χ0v) is 15.4. The number of aromatic nitrogens is 3. The molecule has 0 aliphatic heterocycles. The normalized spacial score (nSPS) is 14.8. The number of nitrogens with zero attached hydrogens (tertiary/aromatic N) is 3. The lowest BCUT2D eigenvalue weighted by Gasteiger charge is -2.22. The third kappa shape index (κ3) is 4.60. The molecule has 0 unspecified atom stereocenters. The monoisotopic (exact) mass is 375 g/mol. The number of benzene rings is 1. The molecule has 2 N–H and O–H groups in total. The molecule has 0 radical (unpaired) electrons. The van der Waals surface area contributed by atoms with Crippen LogP contribution in [0.1, 0.15) is 48.5 Å². The molecule has 1 aromatic carbocycles. The summed E-state index contributed by atoms with van der Waals surface area (Å²) < 4.78 is 1.56. The molecule has 7 nitrogen and oxygen atoms in total. The Hall–Kier alpha value is -2.41. The van der Waals surface area contributed by atoms with Crippen molar-refractivity contribution in [3.05, 3.63) is 40.9 Å². The van der Waals surface area contributed by atoms with Crippen LogP contribution in [0.2, 0.25) is 5.02 Å². The van der Waals surface area contributed by atoms with E-state index in [9.17, 15) is 9.59 Å². The maximum absolute atomic E-state index is 12.2. The van der Waals surface area contributed by atoms with Gasteiger partial charge in [-0.15, -0.1) is 5.10 Å². The van der Waals surface area contributed by atoms with Gasteiger partial charge in [0.1, 0.15) is 5.82 Å². The first-order valence-corrected chi connectivity index (χ1v) is 9.18. The molecule has 0 saturated heterocycles. The first-order valence-electron chi connectivity index (χ1n) is 8.80. The van der Waals surface area contributed by atoms with Crippen molar-refractivity contribution >= 4 is 23.4 Å². The second-order valence-corrected chi connectivity index (χ2v) is 6.89. The highest BCUT2D eigenvalue weighted by molar-refractivity contribution is 6.30. The highest BCUT2D eigenvalue weighted by atomic mass is 35.5. The van der Waals surface area contributed by atoms with Gasteiger partial charge in [0.15, 0.2) is 0 Å². The molecule has 1 aliphatic rings. The van der Waals surface area contributed by atoms with Crippen LogP contribution in [0.5, 0.6) is 0 Å². The highest BCUT2D eigenvalue weighted by Gasteiger charge is 2.18. The van der Waals surface area contributed by atoms with Crippen molar-refractivity contribution in [2.45, 2.75) is 45.1 Å². The van der Waals surface area contributed by atoms with Gasteiger partial charge in [-0.1, -0.05) is 30.9 Å². The molecular weight excluding hydrogens is 354 g/mol. The van der Waals surface area contributed by atoms with E-state index in [-0.39, 0.29) is 24.3 Å². The fourth-order valence-electron chi connectivity index (χ4n) is 3.08. The summed E-state index contributed by atoms with van der Waals surface area (Å²) in [6, 6.07) is 7.30. The molecule has 1 saturated carbocycles. The number of halogens is 1. The third-order valence-corrected chi connectivity index (χ3v) is 4.67. The SMILES string of the molecule is Cc1nc(C(=O)NCC(=O)NC2CCCCC2)nn1-c1ccc(Cl)cc1. The van der Waals surface area contributed by atoms with Crippen LogP contribution in [-0.2, 0) is 4.79 Å². The van der Waals surface area contributed by atoms with Crippen molar-refractivity contribution < 1.29 is 9.59 Å². The van der Waals surface area contributed by atoms with Crippen molar-refractivity contribution in [3.8, 4) is 5.69 Å². The summed E-state index contributed by atoms with van der Waals surface area (Å²) in [5, 5.41) is 10.4. The second kappa shape index (κ2) is 8.31. The van der Waals surface area contributed by atoms with Crippen LogP contribution < -0.4 is 10.6 Å². The minimum atomic E-state index is -0.473. The summed E-state index contributed by atoms with van der Waals surface area (Å²) in [5.74, 6) is -0.0502.